The van der Waals surface area contributed by atoms with Gasteiger partial charge in [-0.1, -0.05) is 25.1 Å². The molecule has 6 nitrogen and oxygen atoms in total. The molecule has 1 saturated heterocycles. The SMILES string of the molecule is CC1CCN(c2ccc(NC(=O)COC(=O)c3cccc4cccnc34)cc2)CC1. The molecule has 0 atom stereocenters. The number of rotatable bonds is 5. The Labute approximate surface area is 175 Å². The van der Waals surface area contributed by atoms with E-state index >= 15 is 0 Å². The fraction of sp³-hybridized carbons (Fsp3) is 0.292. The van der Waals surface area contributed by atoms with Crippen molar-refractivity contribution in [1.82, 2.24) is 4.98 Å². The minimum Gasteiger partial charge on any atom is -0.452 e. The van der Waals surface area contributed by atoms with Crippen molar-refractivity contribution < 1.29 is 14.3 Å². The largest absolute Gasteiger partial charge is 0.452 e. The van der Waals surface area contributed by atoms with Gasteiger partial charge in [0.2, 0.25) is 0 Å². The summed E-state index contributed by atoms with van der Waals surface area (Å²) in [4.78, 5) is 31.2. The van der Waals surface area contributed by atoms with Crippen molar-refractivity contribution in [2.75, 3.05) is 29.9 Å². The van der Waals surface area contributed by atoms with E-state index in [-0.39, 0.29) is 12.5 Å². The molecule has 154 valence electrons. The highest BCUT2D eigenvalue weighted by Crippen LogP contribution is 2.24. The van der Waals surface area contributed by atoms with Gasteiger partial charge in [-0.25, -0.2) is 4.79 Å². The standard InChI is InChI=1S/C24H25N3O3/c1-17-11-14-27(15-12-17)20-9-7-19(8-10-20)26-22(28)16-30-24(29)21-6-2-4-18-5-3-13-25-23(18)21/h2-10,13,17H,11-12,14-16H2,1H3,(H,26,28). The molecule has 4 rings (SSSR count). The molecule has 2 aromatic carbocycles. The Morgan fingerprint density at radius 3 is 2.57 bits per heavy atom. The third kappa shape index (κ3) is 4.59. The summed E-state index contributed by atoms with van der Waals surface area (Å²) in [6.45, 7) is 4.06. The summed E-state index contributed by atoms with van der Waals surface area (Å²) in [6, 6.07) is 16.8. The summed E-state index contributed by atoms with van der Waals surface area (Å²) in [5, 5.41) is 3.62. The fourth-order valence-corrected chi connectivity index (χ4v) is 3.70. The molecule has 1 aliphatic heterocycles. The van der Waals surface area contributed by atoms with Gasteiger partial charge < -0.3 is 15.0 Å². The summed E-state index contributed by atoms with van der Waals surface area (Å²) in [6.07, 6.45) is 4.03. The first-order chi connectivity index (χ1) is 14.6. The van der Waals surface area contributed by atoms with Gasteiger partial charge in [-0.05, 0) is 55.2 Å². The van der Waals surface area contributed by atoms with E-state index in [0.717, 1.165) is 30.1 Å². The number of carbonyl (C=O) groups is 2. The Kier molecular flexibility index (Phi) is 5.93. The molecule has 0 saturated carbocycles. The Hall–Kier alpha value is -3.41. The van der Waals surface area contributed by atoms with Crippen LogP contribution >= 0.6 is 0 Å². The van der Waals surface area contributed by atoms with Gasteiger partial charge in [0.15, 0.2) is 6.61 Å². The number of carbonyl (C=O) groups excluding carboxylic acids is 2. The first kappa shape index (κ1) is 19.9. The second-order valence-electron chi connectivity index (χ2n) is 7.72. The van der Waals surface area contributed by atoms with Crippen molar-refractivity contribution in [2.24, 2.45) is 5.92 Å². The molecule has 30 heavy (non-hydrogen) atoms. The van der Waals surface area contributed by atoms with Gasteiger partial charge >= 0.3 is 5.97 Å². The van der Waals surface area contributed by atoms with Crippen LogP contribution in [0.3, 0.4) is 0 Å². The first-order valence-corrected chi connectivity index (χ1v) is 10.3. The van der Waals surface area contributed by atoms with Crippen LogP contribution in [0.25, 0.3) is 10.9 Å². The maximum absolute atomic E-state index is 12.4. The molecule has 0 aliphatic carbocycles. The number of hydrogen-bond donors (Lipinski definition) is 1. The highest BCUT2D eigenvalue weighted by atomic mass is 16.5. The molecule has 1 N–H and O–H groups in total. The van der Waals surface area contributed by atoms with Crippen LogP contribution in [0.15, 0.2) is 60.8 Å². The van der Waals surface area contributed by atoms with Crippen LogP contribution in [-0.4, -0.2) is 36.6 Å². The van der Waals surface area contributed by atoms with Crippen LogP contribution in [0, 0.1) is 5.92 Å². The summed E-state index contributed by atoms with van der Waals surface area (Å²) in [5.74, 6) is -0.160. The number of piperidine rings is 1. The zero-order valence-corrected chi connectivity index (χ0v) is 17.0. The smallest absolute Gasteiger partial charge is 0.340 e. The van der Waals surface area contributed by atoms with Crippen LogP contribution in [0.2, 0.25) is 0 Å². The average molecular weight is 403 g/mol. The van der Waals surface area contributed by atoms with Gasteiger partial charge in [0.05, 0.1) is 11.1 Å². The number of nitrogens with one attached hydrogen (secondary N) is 1. The van der Waals surface area contributed by atoms with E-state index in [0.29, 0.717) is 16.8 Å². The maximum atomic E-state index is 12.4. The number of para-hydroxylation sites is 1. The molecule has 0 unspecified atom stereocenters. The normalized spacial score (nSPS) is 14.5. The average Bonchev–Trinajstić information content (AvgIpc) is 2.78. The van der Waals surface area contributed by atoms with Crippen molar-refractivity contribution in [2.45, 2.75) is 19.8 Å². The van der Waals surface area contributed by atoms with Gasteiger partial charge in [-0.2, -0.15) is 0 Å². The number of anilines is 2. The highest BCUT2D eigenvalue weighted by Gasteiger charge is 2.17. The molecule has 1 aliphatic rings. The van der Waals surface area contributed by atoms with Crippen molar-refractivity contribution >= 4 is 34.2 Å². The predicted molar refractivity (Wildman–Crippen MR) is 118 cm³/mol. The molecule has 0 bridgehead atoms. The van der Waals surface area contributed by atoms with E-state index in [2.05, 4.69) is 22.1 Å². The fourth-order valence-electron chi connectivity index (χ4n) is 3.70. The molecule has 1 aromatic heterocycles. The van der Waals surface area contributed by atoms with E-state index in [1.807, 2.05) is 42.5 Å². The van der Waals surface area contributed by atoms with E-state index < -0.39 is 5.97 Å². The lowest BCUT2D eigenvalue weighted by atomic mass is 9.99. The molecule has 1 fully saturated rings. The summed E-state index contributed by atoms with van der Waals surface area (Å²) >= 11 is 0. The predicted octanol–water partition coefficient (Wildman–Crippen LogP) is 4.27. The van der Waals surface area contributed by atoms with E-state index in [4.69, 9.17) is 4.74 Å². The van der Waals surface area contributed by atoms with Crippen LogP contribution in [0.1, 0.15) is 30.1 Å². The number of hydrogen-bond acceptors (Lipinski definition) is 5. The number of pyridine rings is 1. The lowest BCUT2D eigenvalue weighted by Crippen LogP contribution is -2.32. The zero-order valence-electron chi connectivity index (χ0n) is 17.0. The lowest BCUT2D eigenvalue weighted by molar-refractivity contribution is -0.119. The number of fused-ring (bicyclic) bond motifs is 1. The summed E-state index contributed by atoms with van der Waals surface area (Å²) in [7, 11) is 0. The highest BCUT2D eigenvalue weighted by molar-refractivity contribution is 6.03. The number of amides is 1. The summed E-state index contributed by atoms with van der Waals surface area (Å²) in [5.41, 5.74) is 2.75. The molecular formula is C24H25N3O3. The number of nitrogens with zero attached hydrogens (tertiary/aromatic N) is 2. The Morgan fingerprint density at radius 2 is 1.80 bits per heavy atom. The lowest BCUT2D eigenvalue weighted by Gasteiger charge is -2.32. The van der Waals surface area contributed by atoms with Crippen LogP contribution < -0.4 is 10.2 Å². The van der Waals surface area contributed by atoms with Crippen molar-refractivity contribution in [1.29, 1.82) is 0 Å². The van der Waals surface area contributed by atoms with Gasteiger partial charge in [0, 0.05) is 36.0 Å². The number of esters is 1. The Balaban J connectivity index is 1.32. The van der Waals surface area contributed by atoms with Gasteiger partial charge in [-0.15, -0.1) is 0 Å². The molecule has 1 amide bonds. The van der Waals surface area contributed by atoms with Crippen LogP contribution in [0.4, 0.5) is 11.4 Å². The van der Waals surface area contributed by atoms with E-state index in [9.17, 15) is 9.59 Å². The molecule has 2 heterocycles. The van der Waals surface area contributed by atoms with Gasteiger partial charge in [0.25, 0.3) is 5.91 Å². The first-order valence-electron chi connectivity index (χ1n) is 10.3. The minimum absolute atomic E-state index is 0.348. The van der Waals surface area contributed by atoms with Crippen molar-refractivity contribution in [3.63, 3.8) is 0 Å². The Morgan fingerprint density at radius 1 is 1.07 bits per heavy atom. The van der Waals surface area contributed by atoms with Crippen LogP contribution in [-0.2, 0) is 9.53 Å². The second kappa shape index (κ2) is 8.95. The van der Waals surface area contributed by atoms with Crippen LogP contribution in [0.5, 0.6) is 0 Å². The third-order valence-electron chi connectivity index (χ3n) is 5.49. The maximum Gasteiger partial charge on any atom is 0.340 e. The van der Waals surface area contributed by atoms with Crippen molar-refractivity contribution in [3.05, 3.63) is 66.4 Å². The molecule has 0 radical (unpaired) electrons. The number of ether oxygens (including phenoxy) is 1. The van der Waals surface area contributed by atoms with E-state index in [1.54, 1.807) is 18.3 Å². The van der Waals surface area contributed by atoms with E-state index in [1.165, 1.54) is 12.8 Å². The molecule has 3 aromatic rings. The number of aromatic nitrogens is 1. The quantitative estimate of drug-likeness (QED) is 0.644. The third-order valence-corrected chi connectivity index (χ3v) is 5.49. The summed E-state index contributed by atoms with van der Waals surface area (Å²) < 4.78 is 5.20. The zero-order chi connectivity index (χ0) is 20.9. The number of benzene rings is 2. The topological polar surface area (TPSA) is 71.5 Å². The molecule has 6 heteroatoms. The minimum atomic E-state index is -0.566. The van der Waals surface area contributed by atoms with Gasteiger partial charge in [-0.3, -0.25) is 9.78 Å². The van der Waals surface area contributed by atoms with Crippen molar-refractivity contribution in [3.8, 4) is 0 Å². The Bertz CT molecular complexity index is 1040. The monoisotopic (exact) mass is 403 g/mol. The van der Waals surface area contributed by atoms with Gasteiger partial charge in [0.1, 0.15) is 0 Å². The second-order valence-corrected chi connectivity index (χ2v) is 7.72. The molecular weight excluding hydrogens is 378 g/mol. The molecule has 0 spiro atoms.